The molecular weight excluding hydrogens is 692 g/mol. The Balaban J connectivity index is 0.000000500. The number of hydroxylamine groups is 1. The van der Waals surface area contributed by atoms with Crippen molar-refractivity contribution in [2.45, 2.75) is 63.1 Å². The highest BCUT2D eigenvalue weighted by Gasteiger charge is 2.42. The fraction of sp³-hybridized carbons (Fsp3) is 0.400. The van der Waals surface area contributed by atoms with Crippen molar-refractivity contribution in [3.8, 4) is 5.75 Å². The van der Waals surface area contributed by atoms with Crippen molar-refractivity contribution in [1.29, 1.82) is 0 Å². The molecule has 1 aliphatic rings. The van der Waals surface area contributed by atoms with Crippen LogP contribution in [-0.4, -0.2) is 88.3 Å². The third kappa shape index (κ3) is 11.9. The molecule has 2 heterocycles. The number of nitrogens with zero attached hydrogens (tertiary/aromatic N) is 2. The fourth-order valence-corrected chi connectivity index (χ4v) is 6.48. The number of pyridine rings is 1. The number of carboxylic acid groups (broad SMARTS) is 2. The number of fused-ring (bicyclic) bond motifs is 1. The van der Waals surface area contributed by atoms with E-state index in [1.165, 1.54) is 12.1 Å². The van der Waals surface area contributed by atoms with E-state index in [-0.39, 0.29) is 16.7 Å². The van der Waals surface area contributed by atoms with Crippen LogP contribution in [0.15, 0.2) is 59.5 Å². The molecule has 1 aromatic heterocycles. The van der Waals surface area contributed by atoms with Crippen LogP contribution in [-0.2, 0) is 30.8 Å². The summed E-state index contributed by atoms with van der Waals surface area (Å²) >= 11 is 0. The lowest BCUT2D eigenvalue weighted by molar-refractivity contribution is -0.193. The Bertz CT molecular complexity index is 1690. The first-order valence-corrected chi connectivity index (χ1v) is 15.8. The zero-order valence-corrected chi connectivity index (χ0v) is 26.9. The lowest BCUT2D eigenvalue weighted by atomic mass is 10.0. The third-order valence-electron chi connectivity index (χ3n) is 7.08. The average molecular weight is 726 g/mol. The van der Waals surface area contributed by atoms with Crippen LogP contribution in [0.1, 0.15) is 31.5 Å². The maximum absolute atomic E-state index is 13.2. The lowest BCUT2D eigenvalue weighted by Crippen LogP contribution is -2.46. The Kier molecular flexibility index (Phi) is 13.9. The Morgan fingerprint density at radius 1 is 0.980 bits per heavy atom. The number of carboxylic acids is 2. The predicted octanol–water partition coefficient (Wildman–Crippen LogP) is 4.77. The zero-order chi connectivity index (χ0) is 37.3. The van der Waals surface area contributed by atoms with E-state index in [0.717, 1.165) is 22.2 Å². The molecule has 0 aliphatic carbocycles. The summed E-state index contributed by atoms with van der Waals surface area (Å²) in [4.78, 5) is 36.7. The van der Waals surface area contributed by atoms with Gasteiger partial charge in [0.1, 0.15) is 12.4 Å². The van der Waals surface area contributed by atoms with Gasteiger partial charge in [0.2, 0.25) is 5.91 Å². The molecule has 2 aromatic carbocycles. The molecule has 1 aliphatic heterocycles. The number of halogens is 6. The molecule has 1 fully saturated rings. The molecule has 1 saturated heterocycles. The van der Waals surface area contributed by atoms with Crippen LogP contribution < -0.4 is 10.2 Å². The molecule has 0 saturated carbocycles. The zero-order valence-electron chi connectivity index (χ0n) is 26.1. The number of aliphatic carboxylic acids is 2. The molecule has 2 atom stereocenters. The van der Waals surface area contributed by atoms with E-state index in [0.29, 0.717) is 25.3 Å². The summed E-state index contributed by atoms with van der Waals surface area (Å²) < 4.78 is 95.9. The molecule has 0 spiro atoms. The number of carbonyl (C=O) groups is 3. The topological polar surface area (TPSA) is 183 Å². The molecule has 0 radical (unpaired) electrons. The van der Waals surface area contributed by atoms with Crippen molar-refractivity contribution in [1.82, 2.24) is 15.4 Å². The molecule has 49 heavy (non-hydrogen) atoms. The highest BCUT2D eigenvalue weighted by molar-refractivity contribution is 7.91. The summed E-state index contributed by atoms with van der Waals surface area (Å²) in [6.45, 7) is 6.82. The molecule has 19 heteroatoms. The largest absolute Gasteiger partial charge is 0.490 e. The average Bonchev–Trinajstić information content (AvgIpc) is 3.42. The van der Waals surface area contributed by atoms with Gasteiger partial charge in [-0.05, 0) is 70.1 Å². The number of aromatic nitrogens is 1. The maximum Gasteiger partial charge on any atom is 0.490 e. The van der Waals surface area contributed by atoms with E-state index in [2.05, 4.69) is 4.98 Å². The number of amides is 1. The standard InChI is InChI=1S/C26H31N3O5S.2C2HF3O2/c1-17(2)29-13-12-23(26(30)28-31)25(29)16-35(32,33)21-10-8-20(9-11-21)34-15-19-14-18(3)27-24-7-5-4-6-22(19)24;2*3-2(4,5)1(6)7/h4-11,14,17,23,25,31H,12-13,15-16H2,1-3H3,(H,28,30);2*(H,6,7)/t23-,25-;;/m0../s1. The van der Waals surface area contributed by atoms with E-state index in [9.17, 15) is 39.6 Å². The molecule has 1 amide bonds. The van der Waals surface area contributed by atoms with Crippen LogP contribution in [0.2, 0.25) is 0 Å². The van der Waals surface area contributed by atoms with Gasteiger partial charge >= 0.3 is 24.3 Å². The van der Waals surface area contributed by atoms with Crippen molar-refractivity contribution in [2.75, 3.05) is 12.3 Å². The molecule has 4 rings (SSSR count). The van der Waals surface area contributed by atoms with Crippen LogP contribution in [0.3, 0.4) is 0 Å². The molecular formula is C30H33F6N3O9S. The van der Waals surface area contributed by atoms with Gasteiger partial charge < -0.3 is 14.9 Å². The minimum atomic E-state index is -5.08. The second kappa shape index (κ2) is 16.8. The molecule has 3 aromatic rings. The summed E-state index contributed by atoms with van der Waals surface area (Å²) in [5, 5.41) is 24.4. The number of nitrogens with one attached hydrogen (secondary N) is 1. The van der Waals surface area contributed by atoms with E-state index in [1.54, 1.807) is 17.6 Å². The first-order valence-electron chi connectivity index (χ1n) is 14.2. The first-order chi connectivity index (χ1) is 22.6. The van der Waals surface area contributed by atoms with Crippen molar-refractivity contribution < 1.29 is 69.3 Å². The number of ether oxygens (including phenoxy) is 1. The van der Waals surface area contributed by atoms with E-state index in [4.69, 9.17) is 29.7 Å². The number of carbonyl (C=O) groups excluding carboxylic acids is 1. The van der Waals surface area contributed by atoms with Crippen LogP contribution in [0.25, 0.3) is 10.9 Å². The minimum absolute atomic E-state index is 0.0790. The second-order valence-electron chi connectivity index (χ2n) is 10.9. The minimum Gasteiger partial charge on any atom is -0.489 e. The molecule has 270 valence electrons. The first kappa shape index (κ1) is 40.7. The van der Waals surface area contributed by atoms with E-state index >= 15 is 0 Å². The number of aryl methyl sites for hydroxylation is 1. The van der Waals surface area contributed by atoms with Gasteiger partial charge in [-0.2, -0.15) is 26.3 Å². The van der Waals surface area contributed by atoms with Gasteiger partial charge in [-0.15, -0.1) is 0 Å². The lowest BCUT2D eigenvalue weighted by Gasteiger charge is -2.30. The number of para-hydroxylation sites is 1. The van der Waals surface area contributed by atoms with Gasteiger partial charge in [-0.25, -0.2) is 23.5 Å². The van der Waals surface area contributed by atoms with Crippen LogP contribution in [0.4, 0.5) is 26.3 Å². The number of sulfone groups is 1. The molecule has 4 N–H and O–H groups in total. The van der Waals surface area contributed by atoms with Crippen molar-refractivity contribution >= 4 is 38.6 Å². The maximum atomic E-state index is 13.2. The van der Waals surface area contributed by atoms with E-state index in [1.807, 2.05) is 56.0 Å². The van der Waals surface area contributed by atoms with Gasteiger partial charge in [0, 0.05) is 28.7 Å². The SMILES string of the molecule is Cc1cc(COc2ccc(S(=O)(=O)C[C@H]3[C@@H](C(=O)NO)CCN3C(C)C)cc2)c2ccccc2n1.O=C(O)C(F)(F)F.O=C(O)C(F)(F)F. The quantitative estimate of drug-likeness (QED) is 0.143. The summed E-state index contributed by atoms with van der Waals surface area (Å²) in [7, 11) is -3.67. The van der Waals surface area contributed by atoms with Gasteiger partial charge in [0.15, 0.2) is 9.84 Å². The Labute approximate surface area is 276 Å². The normalized spacial score (nSPS) is 16.6. The van der Waals surface area contributed by atoms with Crippen molar-refractivity contribution in [3.05, 3.63) is 65.9 Å². The number of likely N-dealkylation sites (tertiary alicyclic amines) is 1. The number of rotatable bonds is 8. The highest BCUT2D eigenvalue weighted by Crippen LogP contribution is 2.30. The van der Waals surface area contributed by atoms with Crippen LogP contribution in [0, 0.1) is 12.8 Å². The van der Waals surface area contributed by atoms with Gasteiger partial charge in [-0.3, -0.25) is 19.9 Å². The summed E-state index contributed by atoms with van der Waals surface area (Å²) in [6.07, 6.45) is -9.67. The van der Waals surface area contributed by atoms with Crippen molar-refractivity contribution in [3.63, 3.8) is 0 Å². The molecule has 0 bridgehead atoms. The van der Waals surface area contributed by atoms with Gasteiger partial charge in [0.05, 0.1) is 22.1 Å². The fourth-order valence-electron chi connectivity index (χ4n) is 4.86. The van der Waals surface area contributed by atoms with Crippen LogP contribution >= 0.6 is 0 Å². The molecule has 0 unspecified atom stereocenters. The summed E-state index contributed by atoms with van der Waals surface area (Å²) in [5.74, 6) is -6.29. The van der Waals surface area contributed by atoms with E-state index < -0.39 is 52.0 Å². The monoisotopic (exact) mass is 725 g/mol. The van der Waals surface area contributed by atoms with Gasteiger partial charge in [-0.1, -0.05) is 18.2 Å². The Hall–Kier alpha value is -4.49. The summed E-state index contributed by atoms with van der Waals surface area (Å²) in [6, 6.07) is 15.8. The number of benzene rings is 2. The Morgan fingerprint density at radius 3 is 2.00 bits per heavy atom. The van der Waals surface area contributed by atoms with Crippen LogP contribution in [0.5, 0.6) is 5.75 Å². The van der Waals surface area contributed by atoms with Gasteiger partial charge in [0.25, 0.3) is 0 Å². The smallest absolute Gasteiger partial charge is 0.489 e. The number of alkyl halides is 6. The number of hydrogen-bond acceptors (Lipinski definition) is 9. The molecule has 12 nitrogen and oxygen atoms in total. The summed E-state index contributed by atoms with van der Waals surface area (Å²) in [5.41, 5.74) is 4.51. The van der Waals surface area contributed by atoms with Crippen molar-refractivity contribution in [2.24, 2.45) is 5.92 Å². The second-order valence-corrected chi connectivity index (χ2v) is 12.9. The number of hydrogen-bond donors (Lipinski definition) is 4. The predicted molar refractivity (Wildman–Crippen MR) is 160 cm³/mol. The third-order valence-corrected chi connectivity index (χ3v) is 8.85. The highest BCUT2D eigenvalue weighted by atomic mass is 32.2. The Morgan fingerprint density at radius 2 is 1.51 bits per heavy atom.